The third kappa shape index (κ3) is 0.788. The Morgan fingerprint density at radius 2 is 2.30 bits per heavy atom. The summed E-state index contributed by atoms with van der Waals surface area (Å²) in [5.41, 5.74) is -0.167. The van der Waals surface area contributed by atoms with Crippen molar-refractivity contribution in [1.29, 1.82) is 0 Å². The number of hydrogen-bond donors (Lipinski definition) is 1. The Kier molecular flexibility index (Phi) is 1.82. The van der Waals surface area contributed by atoms with Crippen molar-refractivity contribution in [2.45, 2.75) is 32.2 Å². The molecule has 0 aromatic heterocycles. The van der Waals surface area contributed by atoms with Crippen molar-refractivity contribution >= 4 is 5.78 Å². The maximum Gasteiger partial charge on any atom is 0.150 e. The average Bonchev–Trinajstić information content (AvgIpc) is 1.86. The number of hydrogen-bond acceptors (Lipinski definition) is 2. The minimum Gasteiger partial charge on any atom is -0.308 e. The summed E-state index contributed by atoms with van der Waals surface area (Å²) in [5.74, 6) is 0.809. The molecular weight excluding hydrogens is 126 g/mol. The fourth-order valence-electron chi connectivity index (χ4n) is 1.79. The number of Topliss-reactive ketones (excluding diaryl/α,β-unsaturated/α-hetero) is 1. The second kappa shape index (κ2) is 2.35. The first-order valence-electron chi connectivity index (χ1n) is 3.83. The largest absolute Gasteiger partial charge is 0.308 e. The SMILES string of the molecule is CNC1(C(C)=O)CC[C@@H]1C. The molecule has 0 saturated heterocycles. The molecule has 0 aliphatic heterocycles. The number of nitrogens with one attached hydrogen (secondary N) is 1. The van der Waals surface area contributed by atoms with E-state index in [2.05, 4.69) is 12.2 Å². The van der Waals surface area contributed by atoms with Gasteiger partial charge in [0.15, 0.2) is 0 Å². The van der Waals surface area contributed by atoms with Gasteiger partial charge in [-0.05, 0) is 32.7 Å². The van der Waals surface area contributed by atoms with Gasteiger partial charge in [0.25, 0.3) is 0 Å². The van der Waals surface area contributed by atoms with Crippen LogP contribution in [0.15, 0.2) is 0 Å². The lowest BCUT2D eigenvalue weighted by molar-refractivity contribution is -0.129. The molecule has 2 atom stereocenters. The Bertz CT molecular complexity index is 151. The summed E-state index contributed by atoms with van der Waals surface area (Å²) in [4.78, 5) is 11.1. The summed E-state index contributed by atoms with van der Waals surface area (Å²) in [5, 5.41) is 3.11. The van der Waals surface area contributed by atoms with Crippen LogP contribution >= 0.6 is 0 Å². The molecule has 0 bridgehead atoms. The molecule has 1 unspecified atom stereocenters. The molecule has 10 heavy (non-hydrogen) atoms. The van der Waals surface area contributed by atoms with Gasteiger partial charge in [-0.3, -0.25) is 4.79 Å². The van der Waals surface area contributed by atoms with Crippen molar-refractivity contribution in [3.63, 3.8) is 0 Å². The number of likely N-dealkylation sites (N-methyl/N-ethyl adjacent to an activating group) is 1. The second-order valence-corrected chi connectivity index (χ2v) is 3.22. The standard InChI is InChI=1S/C8H15NO/c1-6-4-5-8(6,9-3)7(2)10/h6,9H,4-5H2,1-3H3/t6-,8?/m0/s1. The average molecular weight is 141 g/mol. The van der Waals surface area contributed by atoms with E-state index in [1.165, 1.54) is 6.42 Å². The van der Waals surface area contributed by atoms with Crippen molar-refractivity contribution in [2.75, 3.05) is 7.05 Å². The maximum atomic E-state index is 11.1. The third-order valence-electron chi connectivity index (χ3n) is 2.89. The van der Waals surface area contributed by atoms with Crippen LogP contribution in [0.4, 0.5) is 0 Å². The van der Waals surface area contributed by atoms with Crippen LogP contribution in [0.5, 0.6) is 0 Å². The highest BCUT2D eigenvalue weighted by Crippen LogP contribution is 2.38. The molecule has 0 radical (unpaired) electrons. The van der Waals surface area contributed by atoms with Crippen molar-refractivity contribution in [3.8, 4) is 0 Å². The summed E-state index contributed by atoms with van der Waals surface area (Å²) in [7, 11) is 1.87. The highest BCUT2D eigenvalue weighted by molar-refractivity contribution is 5.87. The van der Waals surface area contributed by atoms with Gasteiger partial charge in [-0.25, -0.2) is 0 Å². The Hall–Kier alpha value is -0.370. The molecule has 1 saturated carbocycles. The molecule has 2 heteroatoms. The first-order chi connectivity index (χ1) is 4.63. The van der Waals surface area contributed by atoms with Crippen LogP contribution in [0.1, 0.15) is 26.7 Å². The topological polar surface area (TPSA) is 29.1 Å². The quantitative estimate of drug-likeness (QED) is 0.620. The first-order valence-corrected chi connectivity index (χ1v) is 3.83. The summed E-state index contributed by atoms with van der Waals surface area (Å²) < 4.78 is 0. The van der Waals surface area contributed by atoms with E-state index in [9.17, 15) is 4.79 Å². The summed E-state index contributed by atoms with van der Waals surface area (Å²) in [6.07, 6.45) is 2.19. The third-order valence-corrected chi connectivity index (χ3v) is 2.89. The van der Waals surface area contributed by atoms with Gasteiger partial charge in [0.05, 0.1) is 5.54 Å². The normalized spacial score (nSPS) is 38.9. The van der Waals surface area contributed by atoms with E-state index in [1.54, 1.807) is 6.92 Å². The van der Waals surface area contributed by atoms with Crippen LogP contribution in [-0.2, 0) is 4.79 Å². The molecule has 1 aliphatic carbocycles. The molecule has 0 aromatic carbocycles. The molecular formula is C8H15NO. The van der Waals surface area contributed by atoms with Gasteiger partial charge in [0, 0.05) is 0 Å². The predicted molar refractivity (Wildman–Crippen MR) is 40.9 cm³/mol. The lowest BCUT2D eigenvalue weighted by Crippen LogP contribution is -2.60. The van der Waals surface area contributed by atoms with Gasteiger partial charge in [-0.1, -0.05) is 6.92 Å². The zero-order valence-electron chi connectivity index (χ0n) is 6.90. The lowest BCUT2D eigenvalue weighted by atomic mass is 9.65. The van der Waals surface area contributed by atoms with Gasteiger partial charge < -0.3 is 5.32 Å². The van der Waals surface area contributed by atoms with Crippen molar-refractivity contribution in [3.05, 3.63) is 0 Å². The Labute approximate surface area is 62.0 Å². The minimum atomic E-state index is -0.167. The van der Waals surface area contributed by atoms with Crippen molar-refractivity contribution in [1.82, 2.24) is 5.32 Å². The molecule has 58 valence electrons. The van der Waals surface area contributed by atoms with Crippen LogP contribution in [-0.4, -0.2) is 18.4 Å². The van der Waals surface area contributed by atoms with Gasteiger partial charge in [0.2, 0.25) is 0 Å². The van der Waals surface area contributed by atoms with E-state index in [1.807, 2.05) is 7.05 Å². The van der Waals surface area contributed by atoms with E-state index >= 15 is 0 Å². The van der Waals surface area contributed by atoms with E-state index in [0.29, 0.717) is 5.92 Å². The fraction of sp³-hybridized carbons (Fsp3) is 0.875. The van der Waals surface area contributed by atoms with E-state index in [4.69, 9.17) is 0 Å². The highest BCUT2D eigenvalue weighted by atomic mass is 16.1. The maximum absolute atomic E-state index is 11.1. The molecule has 1 aliphatic rings. The molecule has 0 heterocycles. The molecule has 1 N–H and O–H groups in total. The van der Waals surface area contributed by atoms with E-state index in [-0.39, 0.29) is 11.3 Å². The zero-order valence-corrected chi connectivity index (χ0v) is 6.90. The fourth-order valence-corrected chi connectivity index (χ4v) is 1.79. The minimum absolute atomic E-state index is 0.167. The molecule has 0 aromatic rings. The molecule has 0 amide bonds. The van der Waals surface area contributed by atoms with Gasteiger partial charge in [0.1, 0.15) is 5.78 Å². The molecule has 1 rings (SSSR count). The zero-order chi connectivity index (χ0) is 7.78. The van der Waals surface area contributed by atoms with E-state index < -0.39 is 0 Å². The number of ketones is 1. The number of carbonyl (C=O) groups is 1. The first kappa shape index (κ1) is 7.73. The lowest BCUT2D eigenvalue weighted by Gasteiger charge is -2.46. The number of rotatable bonds is 2. The summed E-state index contributed by atoms with van der Waals surface area (Å²) in [6.45, 7) is 3.80. The summed E-state index contributed by atoms with van der Waals surface area (Å²) >= 11 is 0. The van der Waals surface area contributed by atoms with Gasteiger partial charge >= 0.3 is 0 Å². The van der Waals surface area contributed by atoms with Gasteiger partial charge in [-0.15, -0.1) is 0 Å². The van der Waals surface area contributed by atoms with Crippen LogP contribution in [0, 0.1) is 5.92 Å². The van der Waals surface area contributed by atoms with Crippen molar-refractivity contribution < 1.29 is 4.79 Å². The Morgan fingerprint density at radius 1 is 1.70 bits per heavy atom. The molecule has 1 fully saturated rings. The highest BCUT2D eigenvalue weighted by Gasteiger charge is 2.46. The van der Waals surface area contributed by atoms with Gasteiger partial charge in [-0.2, -0.15) is 0 Å². The second-order valence-electron chi connectivity index (χ2n) is 3.22. The molecule has 2 nitrogen and oxygen atoms in total. The van der Waals surface area contributed by atoms with Crippen LogP contribution in [0.25, 0.3) is 0 Å². The predicted octanol–water partition coefficient (Wildman–Crippen LogP) is 0.963. The Morgan fingerprint density at radius 3 is 2.30 bits per heavy atom. The molecule has 0 spiro atoms. The van der Waals surface area contributed by atoms with E-state index in [0.717, 1.165) is 6.42 Å². The number of carbonyl (C=O) groups excluding carboxylic acids is 1. The Balaban J connectivity index is 2.69. The smallest absolute Gasteiger partial charge is 0.150 e. The van der Waals surface area contributed by atoms with Crippen LogP contribution in [0.2, 0.25) is 0 Å². The van der Waals surface area contributed by atoms with Crippen molar-refractivity contribution in [2.24, 2.45) is 5.92 Å². The summed E-state index contributed by atoms with van der Waals surface area (Å²) in [6, 6.07) is 0. The van der Waals surface area contributed by atoms with Crippen LogP contribution in [0.3, 0.4) is 0 Å². The van der Waals surface area contributed by atoms with Crippen LogP contribution < -0.4 is 5.32 Å². The monoisotopic (exact) mass is 141 g/mol.